The highest BCUT2D eigenvalue weighted by Crippen LogP contribution is 2.32. The molecule has 0 radical (unpaired) electrons. The SMILES string of the molecule is C=CC(=O)OCCO[C@@H]1O[C@H](CO)[C@@H](O[C@H]2O[C@H](CO)[C@@H](O[C@H]3O[C@H](CO)[C@@H](O)[C@H](O)[C@H]3O)[C@H](O)[C@H]2O)[C@H](O)[C@H]1O. The van der Waals surface area contributed by atoms with E-state index in [0.717, 1.165) is 6.08 Å². The maximum Gasteiger partial charge on any atom is 0.330 e. The Labute approximate surface area is 233 Å². The molecule has 15 atom stereocenters. The van der Waals surface area contributed by atoms with Gasteiger partial charge in [-0.1, -0.05) is 6.58 Å². The molecule has 238 valence electrons. The molecule has 3 heterocycles. The molecule has 0 unspecified atom stereocenters. The van der Waals surface area contributed by atoms with E-state index in [1.807, 2.05) is 0 Å². The molecule has 3 aliphatic rings. The molecule has 0 saturated carbocycles. The highest BCUT2D eigenvalue weighted by Gasteiger charge is 2.53. The molecule has 0 spiro atoms. The Balaban J connectivity index is 1.64. The van der Waals surface area contributed by atoms with E-state index in [-0.39, 0.29) is 13.2 Å². The molecule has 41 heavy (non-hydrogen) atoms. The van der Waals surface area contributed by atoms with Gasteiger partial charge in [-0.3, -0.25) is 0 Å². The summed E-state index contributed by atoms with van der Waals surface area (Å²) in [5.74, 6) is -0.712. The Morgan fingerprint density at radius 2 is 1.05 bits per heavy atom. The zero-order valence-electron chi connectivity index (χ0n) is 21.7. The molecule has 0 aromatic rings. The van der Waals surface area contributed by atoms with Gasteiger partial charge in [-0.15, -0.1) is 0 Å². The van der Waals surface area contributed by atoms with Crippen molar-refractivity contribution < 1.29 is 89.0 Å². The van der Waals surface area contributed by atoms with Gasteiger partial charge < -0.3 is 84.2 Å². The Morgan fingerprint density at radius 1 is 0.610 bits per heavy atom. The second kappa shape index (κ2) is 15.3. The summed E-state index contributed by atoms with van der Waals surface area (Å²) in [6.07, 6.45) is -24.1. The van der Waals surface area contributed by atoms with Crippen LogP contribution < -0.4 is 0 Å². The second-order valence-corrected chi connectivity index (χ2v) is 9.55. The van der Waals surface area contributed by atoms with E-state index in [0.29, 0.717) is 0 Å². The summed E-state index contributed by atoms with van der Waals surface area (Å²) in [7, 11) is 0. The fourth-order valence-corrected chi connectivity index (χ4v) is 4.55. The molecule has 3 saturated heterocycles. The third kappa shape index (κ3) is 7.75. The number of hydrogen-bond donors (Lipinski definition) is 10. The first-order valence-corrected chi connectivity index (χ1v) is 12.8. The van der Waals surface area contributed by atoms with Crippen LogP contribution in [0.2, 0.25) is 0 Å². The van der Waals surface area contributed by atoms with E-state index in [2.05, 4.69) is 6.58 Å². The minimum Gasteiger partial charge on any atom is -0.460 e. The first-order chi connectivity index (χ1) is 19.5. The monoisotopic (exact) mass is 602 g/mol. The number of ether oxygens (including phenoxy) is 7. The molecule has 0 aliphatic carbocycles. The molecular weight excluding hydrogens is 564 g/mol. The van der Waals surface area contributed by atoms with Crippen LogP contribution in [-0.4, -0.2) is 182 Å². The van der Waals surface area contributed by atoms with Gasteiger partial charge in [-0.25, -0.2) is 4.79 Å². The minimum atomic E-state index is -1.94. The van der Waals surface area contributed by atoms with Crippen molar-refractivity contribution in [3.8, 4) is 0 Å². The predicted molar refractivity (Wildman–Crippen MR) is 126 cm³/mol. The highest BCUT2D eigenvalue weighted by molar-refractivity contribution is 5.81. The van der Waals surface area contributed by atoms with Crippen LogP contribution in [0.15, 0.2) is 12.7 Å². The number of aliphatic hydroxyl groups excluding tert-OH is 10. The van der Waals surface area contributed by atoms with Gasteiger partial charge >= 0.3 is 5.97 Å². The van der Waals surface area contributed by atoms with Crippen LogP contribution in [0.25, 0.3) is 0 Å². The number of rotatable bonds is 12. The first-order valence-electron chi connectivity index (χ1n) is 12.8. The van der Waals surface area contributed by atoms with Crippen LogP contribution in [0.4, 0.5) is 0 Å². The number of aliphatic hydroxyl groups is 10. The first kappa shape index (κ1) is 34.1. The van der Waals surface area contributed by atoms with Gasteiger partial charge in [0.15, 0.2) is 18.9 Å². The Hall–Kier alpha value is -1.43. The standard InChI is InChI=1S/C23H38O18/c1-2-11(27)35-3-4-36-21-17(33)14(30)19(9(6-25)38-21)41-23-18(34)15(31)20(10(7-26)39-23)40-22-16(32)13(29)12(28)8(5-24)37-22/h2,8-10,12-26,28-34H,1,3-7H2/t8-,9-,10-,12-,13+,14-,15-,16-,17-,18-,19-,20-,21-,22-,23-/m1/s1. The van der Waals surface area contributed by atoms with Gasteiger partial charge in [0, 0.05) is 6.08 Å². The van der Waals surface area contributed by atoms with Crippen molar-refractivity contribution in [2.45, 2.75) is 92.1 Å². The van der Waals surface area contributed by atoms with Crippen molar-refractivity contribution in [1.29, 1.82) is 0 Å². The molecule has 0 aromatic heterocycles. The smallest absolute Gasteiger partial charge is 0.330 e. The van der Waals surface area contributed by atoms with E-state index >= 15 is 0 Å². The third-order valence-corrected chi connectivity index (χ3v) is 6.85. The lowest BCUT2D eigenvalue weighted by molar-refractivity contribution is -0.379. The van der Waals surface area contributed by atoms with Crippen LogP contribution in [-0.2, 0) is 38.0 Å². The molecule has 3 fully saturated rings. The summed E-state index contributed by atoms with van der Waals surface area (Å²) in [6, 6.07) is 0. The fourth-order valence-electron chi connectivity index (χ4n) is 4.55. The van der Waals surface area contributed by atoms with Crippen LogP contribution in [0.1, 0.15) is 0 Å². The van der Waals surface area contributed by atoms with Gasteiger partial charge in [-0.05, 0) is 0 Å². The lowest BCUT2D eigenvalue weighted by atomic mass is 9.96. The zero-order chi connectivity index (χ0) is 30.4. The molecule has 0 aromatic carbocycles. The maximum atomic E-state index is 11.1. The van der Waals surface area contributed by atoms with E-state index in [1.165, 1.54) is 0 Å². The quantitative estimate of drug-likeness (QED) is 0.0564. The number of esters is 1. The lowest BCUT2D eigenvalue weighted by Gasteiger charge is -2.48. The number of hydrogen-bond acceptors (Lipinski definition) is 18. The van der Waals surface area contributed by atoms with E-state index in [1.54, 1.807) is 0 Å². The summed E-state index contributed by atoms with van der Waals surface area (Å²) in [5.41, 5.74) is 0. The molecule has 10 N–H and O–H groups in total. The van der Waals surface area contributed by atoms with Crippen LogP contribution in [0, 0.1) is 0 Å². The van der Waals surface area contributed by atoms with E-state index in [9.17, 15) is 55.9 Å². The molecule has 0 amide bonds. The fraction of sp³-hybridized carbons (Fsp3) is 0.870. The average Bonchev–Trinajstić information content (AvgIpc) is 2.97. The van der Waals surface area contributed by atoms with Crippen molar-refractivity contribution in [2.24, 2.45) is 0 Å². The van der Waals surface area contributed by atoms with Crippen molar-refractivity contribution in [3.05, 3.63) is 12.7 Å². The van der Waals surface area contributed by atoms with Gasteiger partial charge in [0.2, 0.25) is 0 Å². The topological polar surface area (TPSA) is 284 Å². The maximum absolute atomic E-state index is 11.1. The normalized spacial score (nSPS) is 45.3. The van der Waals surface area contributed by atoms with Gasteiger partial charge in [0.05, 0.1) is 26.4 Å². The van der Waals surface area contributed by atoms with E-state index < -0.39 is 118 Å². The molecule has 18 heteroatoms. The zero-order valence-corrected chi connectivity index (χ0v) is 21.7. The number of carbonyl (C=O) groups excluding carboxylic acids is 1. The van der Waals surface area contributed by atoms with Crippen LogP contribution in [0.3, 0.4) is 0 Å². The highest BCUT2D eigenvalue weighted by atomic mass is 16.8. The molecule has 3 rings (SSSR count). The van der Waals surface area contributed by atoms with Crippen molar-refractivity contribution in [1.82, 2.24) is 0 Å². The summed E-state index contributed by atoms with van der Waals surface area (Å²) < 4.78 is 37.2. The second-order valence-electron chi connectivity index (χ2n) is 9.55. The van der Waals surface area contributed by atoms with Gasteiger partial charge in [0.1, 0.15) is 79.9 Å². The molecular formula is C23H38O18. The number of carbonyl (C=O) groups is 1. The largest absolute Gasteiger partial charge is 0.460 e. The van der Waals surface area contributed by atoms with E-state index in [4.69, 9.17) is 33.2 Å². The summed E-state index contributed by atoms with van der Waals surface area (Å²) in [5, 5.41) is 102. The summed E-state index contributed by atoms with van der Waals surface area (Å²) in [4.78, 5) is 11.1. The van der Waals surface area contributed by atoms with Crippen molar-refractivity contribution >= 4 is 5.97 Å². The molecule has 3 aliphatic heterocycles. The van der Waals surface area contributed by atoms with Crippen molar-refractivity contribution in [3.63, 3.8) is 0 Å². The lowest BCUT2D eigenvalue weighted by Crippen LogP contribution is -2.66. The van der Waals surface area contributed by atoms with Crippen LogP contribution in [0.5, 0.6) is 0 Å². The third-order valence-electron chi connectivity index (χ3n) is 6.85. The summed E-state index contributed by atoms with van der Waals surface area (Å²) >= 11 is 0. The summed E-state index contributed by atoms with van der Waals surface area (Å²) in [6.45, 7) is 0.394. The predicted octanol–water partition coefficient (Wildman–Crippen LogP) is -6.82. The Kier molecular flexibility index (Phi) is 12.7. The molecule has 18 nitrogen and oxygen atoms in total. The Bertz CT molecular complexity index is 826. The van der Waals surface area contributed by atoms with Crippen LogP contribution >= 0.6 is 0 Å². The average molecular weight is 603 g/mol. The van der Waals surface area contributed by atoms with Gasteiger partial charge in [0.25, 0.3) is 0 Å². The van der Waals surface area contributed by atoms with Gasteiger partial charge in [-0.2, -0.15) is 0 Å². The molecule has 0 bridgehead atoms. The Morgan fingerprint density at radius 3 is 1.54 bits per heavy atom. The minimum absolute atomic E-state index is 0.230. The van der Waals surface area contributed by atoms with Crippen molar-refractivity contribution in [2.75, 3.05) is 33.0 Å².